The van der Waals surface area contributed by atoms with Gasteiger partial charge in [0.15, 0.2) is 0 Å². The highest BCUT2D eigenvalue weighted by atomic mass is 16.2. The van der Waals surface area contributed by atoms with E-state index >= 15 is 0 Å². The quantitative estimate of drug-likeness (QED) is 0.920. The maximum Gasteiger partial charge on any atom is 0.253 e. The van der Waals surface area contributed by atoms with Crippen molar-refractivity contribution in [3.63, 3.8) is 0 Å². The van der Waals surface area contributed by atoms with Crippen molar-refractivity contribution in [3.8, 4) is 0 Å². The molecule has 1 atom stereocenters. The molecule has 0 spiro atoms. The molecule has 20 heavy (non-hydrogen) atoms. The van der Waals surface area contributed by atoms with E-state index in [-0.39, 0.29) is 11.8 Å². The molecular weight excluding hydrogens is 252 g/mol. The van der Waals surface area contributed by atoms with E-state index in [2.05, 4.69) is 5.32 Å². The highest BCUT2D eigenvalue weighted by Crippen LogP contribution is 2.29. The molecule has 108 valence electrons. The number of hydrogen-bond acceptors (Lipinski definition) is 2. The highest BCUT2D eigenvalue weighted by Gasteiger charge is 2.47. The molecular formula is C16H22N2O2. The van der Waals surface area contributed by atoms with Crippen molar-refractivity contribution in [2.45, 2.75) is 52.1 Å². The van der Waals surface area contributed by atoms with E-state index < -0.39 is 11.6 Å². The summed E-state index contributed by atoms with van der Waals surface area (Å²) in [7, 11) is 0. The Morgan fingerprint density at radius 3 is 2.20 bits per heavy atom. The third kappa shape index (κ3) is 2.19. The Balaban J connectivity index is 2.46. The largest absolute Gasteiger partial charge is 0.340 e. The molecule has 1 N–H and O–H groups in total. The van der Waals surface area contributed by atoms with Crippen molar-refractivity contribution in [2.24, 2.45) is 0 Å². The van der Waals surface area contributed by atoms with Crippen molar-refractivity contribution in [1.82, 2.24) is 5.32 Å². The molecule has 0 aliphatic carbocycles. The number of aryl methyl sites for hydroxylation is 1. The van der Waals surface area contributed by atoms with Gasteiger partial charge in [-0.15, -0.1) is 0 Å². The number of carbonyl (C=O) groups is 2. The fourth-order valence-electron chi connectivity index (χ4n) is 2.69. The number of benzene rings is 1. The standard InChI is InChI=1S/C16H22N2O2/c1-5-16(6-2)15(20)18(12(4)14(19)17-16)13-9-7-11(3)8-10-13/h7-10,12H,5-6H2,1-4H3,(H,17,19). The molecule has 1 fully saturated rings. The summed E-state index contributed by atoms with van der Waals surface area (Å²) in [5.74, 6) is -0.104. The summed E-state index contributed by atoms with van der Waals surface area (Å²) in [6, 6.07) is 7.25. The van der Waals surface area contributed by atoms with Crippen LogP contribution in [0.5, 0.6) is 0 Å². The molecule has 1 aliphatic rings. The smallest absolute Gasteiger partial charge is 0.253 e. The van der Waals surface area contributed by atoms with E-state index in [1.165, 1.54) is 0 Å². The predicted octanol–water partition coefficient (Wildman–Crippen LogP) is 2.41. The fraction of sp³-hybridized carbons (Fsp3) is 0.500. The van der Waals surface area contributed by atoms with Crippen LogP contribution in [0.15, 0.2) is 24.3 Å². The topological polar surface area (TPSA) is 49.4 Å². The maximum atomic E-state index is 12.9. The first-order valence-electron chi connectivity index (χ1n) is 7.17. The lowest BCUT2D eigenvalue weighted by molar-refractivity contribution is -0.138. The van der Waals surface area contributed by atoms with Crippen LogP contribution in [0, 0.1) is 6.92 Å². The Kier molecular flexibility index (Phi) is 3.84. The SMILES string of the molecule is CCC1(CC)NC(=O)C(C)N(c2ccc(C)cc2)C1=O. The third-order valence-electron chi connectivity index (χ3n) is 4.28. The van der Waals surface area contributed by atoms with Crippen LogP contribution in [-0.4, -0.2) is 23.4 Å². The Morgan fingerprint density at radius 2 is 1.70 bits per heavy atom. The summed E-state index contributed by atoms with van der Waals surface area (Å²) in [5.41, 5.74) is 1.15. The number of rotatable bonds is 3. The van der Waals surface area contributed by atoms with Gasteiger partial charge in [0, 0.05) is 5.69 Å². The van der Waals surface area contributed by atoms with Crippen LogP contribution in [0.2, 0.25) is 0 Å². The van der Waals surface area contributed by atoms with Gasteiger partial charge in [-0.3, -0.25) is 14.5 Å². The fourth-order valence-corrected chi connectivity index (χ4v) is 2.69. The van der Waals surface area contributed by atoms with Gasteiger partial charge in [0.05, 0.1) is 0 Å². The van der Waals surface area contributed by atoms with Crippen LogP contribution >= 0.6 is 0 Å². The van der Waals surface area contributed by atoms with E-state index in [0.717, 1.165) is 11.3 Å². The zero-order chi connectivity index (χ0) is 14.9. The third-order valence-corrected chi connectivity index (χ3v) is 4.28. The minimum atomic E-state index is -0.769. The van der Waals surface area contributed by atoms with Gasteiger partial charge in [0.1, 0.15) is 11.6 Å². The number of anilines is 1. The molecule has 2 rings (SSSR count). The first-order valence-corrected chi connectivity index (χ1v) is 7.17. The van der Waals surface area contributed by atoms with Crippen molar-refractivity contribution in [1.29, 1.82) is 0 Å². The van der Waals surface area contributed by atoms with Crippen molar-refractivity contribution in [2.75, 3.05) is 4.90 Å². The van der Waals surface area contributed by atoms with Crippen molar-refractivity contribution in [3.05, 3.63) is 29.8 Å². The molecule has 1 heterocycles. The second-order valence-electron chi connectivity index (χ2n) is 5.47. The zero-order valence-corrected chi connectivity index (χ0v) is 12.6. The molecule has 4 heteroatoms. The Morgan fingerprint density at radius 1 is 1.15 bits per heavy atom. The van der Waals surface area contributed by atoms with Crippen molar-refractivity contribution >= 4 is 17.5 Å². The molecule has 1 aromatic rings. The van der Waals surface area contributed by atoms with Gasteiger partial charge < -0.3 is 5.32 Å². The highest BCUT2D eigenvalue weighted by molar-refractivity contribution is 6.10. The van der Waals surface area contributed by atoms with Crippen LogP contribution in [0.25, 0.3) is 0 Å². The Hall–Kier alpha value is -1.84. The van der Waals surface area contributed by atoms with Crippen LogP contribution in [0.4, 0.5) is 5.69 Å². The van der Waals surface area contributed by atoms with Gasteiger partial charge in [-0.25, -0.2) is 0 Å². The number of amides is 2. The minimum Gasteiger partial charge on any atom is -0.340 e. The second-order valence-corrected chi connectivity index (χ2v) is 5.47. The molecule has 2 amide bonds. The molecule has 1 unspecified atom stereocenters. The number of nitrogens with one attached hydrogen (secondary N) is 1. The van der Waals surface area contributed by atoms with E-state index in [1.54, 1.807) is 11.8 Å². The molecule has 0 bridgehead atoms. The average molecular weight is 274 g/mol. The summed E-state index contributed by atoms with van der Waals surface area (Å²) in [6.07, 6.45) is 1.20. The molecule has 4 nitrogen and oxygen atoms in total. The molecule has 0 aromatic heterocycles. The predicted molar refractivity (Wildman–Crippen MR) is 79.6 cm³/mol. The number of hydrogen-bond donors (Lipinski definition) is 1. The molecule has 0 saturated carbocycles. The molecule has 1 aromatic carbocycles. The zero-order valence-electron chi connectivity index (χ0n) is 12.6. The summed E-state index contributed by atoms with van der Waals surface area (Å²) >= 11 is 0. The average Bonchev–Trinajstić information content (AvgIpc) is 2.45. The Labute approximate surface area is 120 Å². The summed E-state index contributed by atoms with van der Waals surface area (Å²) in [4.78, 5) is 26.7. The van der Waals surface area contributed by atoms with E-state index in [4.69, 9.17) is 0 Å². The van der Waals surface area contributed by atoms with Gasteiger partial charge >= 0.3 is 0 Å². The summed E-state index contributed by atoms with van der Waals surface area (Å²) in [5, 5.41) is 2.91. The van der Waals surface area contributed by atoms with Crippen LogP contribution in [0.1, 0.15) is 39.2 Å². The molecule has 1 aliphatic heterocycles. The first-order chi connectivity index (χ1) is 9.45. The number of nitrogens with zero attached hydrogens (tertiary/aromatic N) is 1. The maximum absolute atomic E-state index is 12.9. The van der Waals surface area contributed by atoms with E-state index in [9.17, 15) is 9.59 Å². The number of carbonyl (C=O) groups excluding carboxylic acids is 2. The van der Waals surface area contributed by atoms with Gasteiger partial charge in [0.25, 0.3) is 5.91 Å². The van der Waals surface area contributed by atoms with Crippen LogP contribution in [-0.2, 0) is 9.59 Å². The van der Waals surface area contributed by atoms with Crippen molar-refractivity contribution < 1.29 is 9.59 Å². The van der Waals surface area contributed by atoms with Gasteiger partial charge in [-0.2, -0.15) is 0 Å². The lowest BCUT2D eigenvalue weighted by Crippen LogP contribution is -2.69. The van der Waals surface area contributed by atoms with E-state index in [0.29, 0.717) is 12.8 Å². The minimum absolute atomic E-state index is 0.0153. The summed E-state index contributed by atoms with van der Waals surface area (Å²) in [6.45, 7) is 7.64. The molecule has 0 radical (unpaired) electrons. The number of piperazine rings is 1. The lowest BCUT2D eigenvalue weighted by Gasteiger charge is -2.44. The lowest BCUT2D eigenvalue weighted by atomic mass is 9.87. The summed E-state index contributed by atoms with van der Waals surface area (Å²) < 4.78 is 0. The van der Waals surface area contributed by atoms with Gasteiger partial charge in [-0.05, 0) is 38.8 Å². The van der Waals surface area contributed by atoms with E-state index in [1.807, 2.05) is 45.0 Å². The first kappa shape index (κ1) is 14.6. The van der Waals surface area contributed by atoms with Crippen LogP contribution < -0.4 is 10.2 Å². The van der Waals surface area contributed by atoms with Gasteiger partial charge in [-0.1, -0.05) is 31.5 Å². The monoisotopic (exact) mass is 274 g/mol. The Bertz CT molecular complexity index is 518. The second kappa shape index (κ2) is 5.27. The van der Waals surface area contributed by atoms with Crippen LogP contribution in [0.3, 0.4) is 0 Å². The normalized spacial score (nSPS) is 21.8. The van der Waals surface area contributed by atoms with Gasteiger partial charge in [0.2, 0.25) is 5.91 Å². The molecule has 1 saturated heterocycles.